The van der Waals surface area contributed by atoms with Crippen molar-refractivity contribution in [2.45, 2.75) is 32.4 Å². The first kappa shape index (κ1) is 13.4. The largest absolute Gasteiger partial charge is 0.409 e. The van der Waals surface area contributed by atoms with E-state index in [0.717, 1.165) is 5.56 Å². The van der Waals surface area contributed by atoms with Crippen LogP contribution in [0, 0.1) is 5.82 Å². The van der Waals surface area contributed by atoms with Crippen LogP contribution in [0.15, 0.2) is 29.4 Å². The minimum absolute atomic E-state index is 0.00666. The second kappa shape index (κ2) is 6.20. The smallest absolute Gasteiger partial charge is 0.140 e. The third-order valence-electron chi connectivity index (χ3n) is 2.53. The molecule has 0 fully saturated rings. The van der Waals surface area contributed by atoms with E-state index in [-0.39, 0.29) is 23.7 Å². The summed E-state index contributed by atoms with van der Waals surface area (Å²) in [6.07, 6.45) is 0.441. The molecular formula is C12H18FN3O. The normalized spacial score (nSPS) is 15.6. The first-order valence-electron chi connectivity index (χ1n) is 5.51. The lowest BCUT2D eigenvalue weighted by atomic mass is 10.1. The predicted octanol–water partition coefficient (Wildman–Crippen LogP) is 2.00. The van der Waals surface area contributed by atoms with E-state index >= 15 is 0 Å². The Balaban J connectivity index is 2.57. The molecule has 17 heavy (non-hydrogen) atoms. The van der Waals surface area contributed by atoms with Crippen molar-refractivity contribution < 1.29 is 9.60 Å². The minimum Gasteiger partial charge on any atom is -0.409 e. The standard InChI is InChI=1S/C12H18FN3O/c1-8(6-12(14)16-17)15-9(2)10-4-3-5-11(13)7-10/h3-5,7-9,15,17H,6H2,1-2H3,(H2,14,16)/t8?,9-/m0/s1. The number of nitrogens with one attached hydrogen (secondary N) is 1. The molecule has 0 aliphatic carbocycles. The van der Waals surface area contributed by atoms with E-state index < -0.39 is 0 Å². The quantitative estimate of drug-likeness (QED) is 0.318. The first-order chi connectivity index (χ1) is 8.02. The zero-order valence-electron chi connectivity index (χ0n) is 10.0. The summed E-state index contributed by atoms with van der Waals surface area (Å²) in [6, 6.07) is 6.49. The first-order valence-corrected chi connectivity index (χ1v) is 5.51. The van der Waals surface area contributed by atoms with Crippen LogP contribution in [0.1, 0.15) is 31.9 Å². The van der Waals surface area contributed by atoms with Gasteiger partial charge in [-0.3, -0.25) is 0 Å². The highest BCUT2D eigenvalue weighted by atomic mass is 19.1. The van der Waals surface area contributed by atoms with Gasteiger partial charge < -0.3 is 16.3 Å². The van der Waals surface area contributed by atoms with Crippen LogP contribution in [0.5, 0.6) is 0 Å². The van der Waals surface area contributed by atoms with Crippen molar-refractivity contribution in [3.8, 4) is 0 Å². The number of halogens is 1. The number of nitrogens with two attached hydrogens (primary N) is 1. The van der Waals surface area contributed by atoms with Gasteiger partial charge in [-0.25, -0.2) is 4.39 Å². The average Bonchev–Trinajstić information content (AvgIpc) is 2.28. The molecule has 1 rings (SSSR count). The molecule has 0 spiro atoms. The Hall–Kier alpha value is -1.62. The monoisotopic (exact) mass is 239 g/mol. The molecule has 0 saturated heterocycles. The van der Waals surface area contributed by atoms with Crippen molar-refractivity contribution in [1.82, 2.24) is 5.32 Å². The van der Waals surface area contributed by atoms with Gasteiger partial charge in [-0.2, -0.15) is 0 Å². The molecule has 0 saturated carbocycles. The van der Waals surface area contributed by atoms with Gasteiger partial charge in [-0.1, -0.05) is 17.3 Å². The Labute approximate surface area is 100 Å². The van der Waals surface area contributed by atoms with Crippen LogP contribution in [0.25, 0.3) is 0 Å². The van der Waals surface area contributed by atoms with Gasteiger partial charge in [0.1, 0.15) is 11.7 Å². The van der Waals surface area contributed by atoms with Crippen LogP contribution in [-0.2, 0) is 0 Å². The van der Waals surface area contributed by atoms with Crippen LogP contribution in [0.2, 0.25) is 0 Å². The van der Waals surface area contributed by atoms with Crippen molar-refractivity contribution >= 4 is 5.84 Å². The van der Waals surface area contributed by atoms with E-state index in [0.29, 0.717) is 6.42 Å². The Morgan fingerprint density at radius 3 is 2.82 bits per heavy atom. The molecule has 5 heteroatoms. The molecule has 0 aromatic heterocycles. The second-order valence-electron chi connectivity index (χ2n) is 4.14. The molecule has 0 bridgehead atoms. The molecule has 0 aliphatic heterocycles. The van der Waals surface area contributed by atoms with Crippen LogP contribution in [0.3, 0.4) is 0 Å². The molecule has 94 valence electrons. The number of nitrogens with zero attached hydrogens (tertiary/aromatic N) is 1. The highest BCUT2D eigenvalue weighted by molar-refractivity contribution is 5.80. The number of oxime groups is 1. The second-order valence-corrected chi connectivity index (χ2v) is 4.14. The Morgan fingerprint density at radius 2 is 2.24 bits per heavy atom. The topological polar surface area (TPSA) is 70.6 Å². The molecule has 2 atom stereocenters. The van der Waals surface area contributed by atoms with Crippen molar-refractivity contribution in [2.24, 2.45) is 10.9 Å². The number of hydrogen-bond acceptors (Lipinski definition) is 3. The summed E-state index contributed by atoms with van der Waals surface area (Å²) in [6.45, 7) is 3.87. The fourth-order valence-corrected chi connectivity index (χ4v) is 1.71. The van der Waals surface area contributed by atoms with E-state index in [2.05, 4.69) is 10.5 Å². The maximum Gasteiger partial charge on any atom is 0.140 e. The van der Waals surface area contributed by atoms with Gasteiger partial charge in [0.25, 0.3) is 0 Å². The summed E-state index contributed by atoms with van der Waals surface area (Å²) in [5.74, 6) is -0.0725. The Kier molecular flexibility index (Phi) is 4.90. The van der Waals surface area contributed by atoms with Crippen molar-refractivity contribution in [3.63, 3.8) is 0 Å². The molecule has 1 unspecified atom stereocenters. The maximum absolute atomic E-state index is 13.0. The van der Waals surface area contributed by atoms with Gasteiger partial charge in [0.2, 0.25) is 0 Å². The molecule has 1 aromatic carbocycles. The number of benzene rings is 1. The lowest BCUT2D eigenvalue weighted by Crippen LogP contribution is -2.33. The highest BCUT2D eigenvalue weighted by Gasteiger charge is 2.11. The van der Waals surface area contributed by atoms with E-state index in [4.69, 9.17) is 10.9 Å². The fourth-order valence-electron chi connectivity index (χ4n) is 1.71. The summed E-state index contributed by atoms with van der Waals surface area (Å²) >= 11 is 0. The van der Waals surface area contributed by atoms with Crippen LogP contribution in [-0.4, -0.2) is 17.1 Å². The number of rotatable bonds is 5. The van der Waals surface area contributed by atoms with E-state index in [9.17, 15) is 4.39 Å². The predicted molar refractivity (Wildman–Crippen MR) is 65.4 cm³/mol. The van der Waals surface area contributed by atoms with Gasteiger partial charge in [-0.15, -0.1) is 0 Å². The molecule has 1 aromatic rings. The van der Waals surface area contributed by atoms with Crippen molar-refractivity contribution in [3.05, 3.63) is 35.6 Å². The molecule has 0 aliphatic rings. The summed E-state index contributed by atoms with van der Waals surface area (Å²) < 4.78 is 13.0. The number of amidine groups is 1. The van der Waals surface area contributed by atoms with Gasteiger partial charge in [0.05, 0.1) is 0 Å². The van der Waals surface area contributed by atoms with Crippen molar-refractivity contribution in [1.29, 1.82) is 0 Å². The van der Waals surface area contributed by atoms with E-state index in [1.807, 2.05) is 19.9 Å². The van der Waals surface area contributed by atoms with E-state index in [1.165, 1.54) is 12.1 Å². The fraction of sp³-hybridized carbons (Fsp3) is 0.417. The zero-order chi connectivity index (χ0) is 12.8. The molecule has 0 radical (unpaired) electrons. The van der Waals surface area contributed by atoms with Gasteiger partial charge >= 0.3 is 0 Å². The molecule has 4 nitrogen and oxygen atoms in total. The molecular weight excluding hydrogens is 221 g/mol. The molecule has 0 heterocycles. The average molecular weight is 239 g/mol. The summed E-state index contributed by atoms with van der Waals surface area (Å²) in [7, 11) is 0. The summed E-state index contributed by atoms with van der Waals surface area (Å²) in [5, 5.41) is 14.6. The lowest BCUT2D eigenvalue weighted by Gasteiger charge is -2.19. The van der Waals surface area contributed by atoms with Crippen LogP contribution >= 0.6 is 0 Å². The molecule has 0 amide bonds. The summed E-state index contributed by atoms with van der Waals surface area (Å²) in [5.41, 5.74) is 6.28. The van der Waals surface area contributed by atoms with Crippen LogP contribution in [0.4, 0.5) is 4.39 Å². The van der Waals surface area contributed by atoms with Gasteiger partial charge in [-0.05, 0) is 31.5 Å². The third-order valence-corrected chi connectivity index (χ3v) is 2.53. The van der Waals surface area contributed by atoms with Gasteiger partial charge in [0, 0.05) is 18.5 Å². The van der Waals surface area contributed by atoms with Crippen LogP contribution < -0.4 is 11.1 Å². The summed E-state index contributed by atoms with van der Waals surface area (Å²) in [4.78, 5) is 0. The Morgan fingerprint density at radius 1 is 1.53 bits per heavy atom. The molecule has 4 N–H and O–H groups in total. The highest BCUT2D eigenvalue weighted by Crippen LogP contribution is 2.14. The zero-order valence-corrected chi connectivity index (χ0v) is 10.0. The SMILES string of the molecule is CC(C/C(N)=N/O)N[C@@H](C)c1cccc(F)c1. The maximum atomic E-state index is 13.0. The van der Waals surface area contributed by atoms with E-state index in [1.54, 1.807) is 6.07 Å². The van der Waals surface area contributed by atoms with Gasteiger partial charge in [0.15, 0.2) is 0 Å². The number of hydrogen-bond donors (Lipinski definition) is 3. The Bertz CT molecular complexity index is 395. The third kappa shape index (κ3) is 4.40. The lowest BCUT2D eigenvalue weighted by molar-refractivity contribution is 0.315. The minimum atomic E-state index is -0.250. The van der Waals surface area contributed by atoms with Crippen molar-refractivity contribution in [2.75, 3.05) is 0 Å².